The first-order valence-electron chi connectivity index (χ1n) is 7.99. The third-order valence-electron chi connectivity index (χ3n) is 4.13. The summed E-state index contributed by atoms with van der Waals surface area (Å²) in [5.74, 6) is 0. The molecule has 0 fully saturated rings. The Balaban J connectivity index is 1.81. The average Bonchev–Trinajstić information content (AvgIpc) is 2.97. The molecule has 0 bridgehead atoms. The number of halogens is 1. The van der Waals surface area contributed by atoms with Crippen molar-refractivity contribution in [3.05, 3.63) is 92.8 Å². The summed E-state index contributed by atoms with van der Waals surface area (Å²) in [7, 11) is 0. The van der Waals surface area contributed by atoms with E-state index in [1.807, 2.05) is 60.7 Å². The standard InChI is InChI=1S/C20H16BrN3O/c21-16-9-5-4-6-13(16)10-14-11-18-19(24-20(25)23-18)12-17(14)22-15-7-2-1-3-8-15/h1-9,11-12,22H,10H2,(H2,23,24,25). The van der Waals surface area contributed by atoms with Gasteiger partial charge in [0.1, 0.15) is 0 Å². The second-order valence-corrected chi connectivity index (χ2v) is 6.75. The minimum absolute atomic E-state index is 0.196. The monoisotopic (exact) mass is 393 g/mol. The summed E-state index contributed by atoms with van der Waals surface area (Å²) in [5, 5.41) is 3.46. The summed E-state index contributed by atoms with van der Waals surface area (Å²) >= 11 is 3.61. The first-order chi connectivity index (χ1) is 12.2. The van der Waals surface area contributed by atoms with Gasteiger partial charge in [-0.2, -0.15) is 0 Å². The van der Waals surface area contributed by atoms with Crippen molar-refractivity contribution in [3.8, 4) is 0 Å². The van der Waals surface area contributed by atoms with Crippen LogP contribution in [0.4, 0.5) is 11.4 Å². The lowest BCUT2D eigenvalue weighted by Crippen LogP contribution is -1.99. The van der Waals surface area contributed by atoms with Crippen molar-refractivity contribution in [2.75, 3.05) is 5.32 Å². The molecule has 4 aromatic rings. The number of H-pyrrole nitrogens is 2. The Kier molecular flexibility index (Phi) is 4.15. The van der Waals surface area contributed by atoms with E-state index in [4.69, 9.17) is 0 Å². The summed E-state index contributed by atoms with van der Waals surface area (Å²) in [6.45, 7) is 0. The Morgan fingerprint density at radius 1 is 0.840 bits per heavy atom. The van der Waals surface area contributed by atoms with Gasteiger partial charge in [0.2, 0.25) is 0 Å². The van der Waals surface area contributed by atoms with Gasteiger partial charge in [-0.05, 0) is 41.5 Å². The van der Waals surface area contributed by atoms with Crippen LogP contribution in [0, 0.1) is 0 Å². The van der Waals surface area contributed by atoms with Crippen LogP contribution in [-0.2, 0) is 6.42 Å². The first-order valence-corrected chi connectivity index (χ1v) is 8.79. The predicted molar refractivity (Wildman–Crippen MR) is 106 cm³/mol. The van der Waals surface area contributed by atoms with Crippen molar-refractivity contribution in [2.45, 2.75) is 6.42 Å². The summed E-state index contributed by atoms with van der Waals surface area (Å²) < 4.78 is 1.07. The maximum Gasteiger partial charge on any atom is 0.323 e. The van der Waals surface area contributed by atoms with Crippen molar-refractivity contribution >= 4 is 38.3 Å². The van der Waals surface area contributed by atoms with Gasteiger partial charge in [-0.3, -0.25) is 0 Å². The Labute approximate surface area is 153 Å². The molecule has 3 N–H and O–H groups in total. The lowest BCUT2D eigenvalue weighted by atomic mass is 10.0. The Morgan fingerprint density at radius 2 is 1.52 bits per heavy atom. The van der Waals surface area contributed by atoms with Gasteiger partial charge in [0.15, 0.2) is 0 Å². The van der Waals surface area contributed by atoms with E-state index in [2.05, 4.69) is 37.3 Å². The molecule has 124 valence electrons. The number of imidazole rings is 1. The Bertz CT molecular complexity index is 1080. The Hall–Kier alpha value is -2.79. The molecule has 4 nitrogen and oxygen atoms in total. The molecule has 0 aliphatic rings. The van der Waals surface area contributed by atoms with Gasteiger partial charge in [-0.1, -0.05) is 52.3 Å². The van der Waals surface area contributed by atoms with Crippen LogP contribution in [0.5, 0.6) is 0 Å². The third-order valence-corrected chi connectivity index (χ3v) is 4.90. The number of fused-ring (bicyclic) bond motifs is 1. The van der Waals surface area contributed by atoms with E-state index in [1.165, 1.54) is 5.56 Å². The highest BCUT2D eigenvalue weighted by molar-refractivity contribution is 9.10. The number of hydrogen-bond acceptors (Lipinski definition) is 2. The minimum Gasteiger partial charge on any atom is -0.355 e. The van der Waals surface area contributed by atoms with E-state index in [0.717, 1.165) is 38.9 Å². The summed E-state index contributed by atoms with van der Waals surface area (Å²) in [6, 6.07) is 22.2. The molecule has 0 spiro atoms. The van der Waals surface area contributed by atoms with E-state index in [0.29, 0.717) is 0 Å². The van der Waals surface area contributed by atoms with E-state index in [9.17, 15) is 4.79 Å². The molecule has 0 radical (unpaired) electrons. The fourth-order valence-corrected chi connectivity index (χ4v) is 3.34. The maximum absolute atomic E-state index is 11.6. The molecule has 0 unspecified atom stereocenters. The van der Waals surface area contributed by atoms with Gasteiger partial charge in [0, 0.05) is 22.3 Å². The smallest absolute Gasteiger partial charge is 0.323 e. The zero-order chi connectivity index (χ0) is 17.2. The third kappa shape index (κ3) is 3.37. The molecule has 3 aromatic carbocycles. The van der Waals surface area contributed by atoms with Crippen molar-refractivity contribution < 1.29 is 0 Å². The largest absolute Gasteiger partial charge is 0.355 e. The van der Waals surface area contributed by atoms with Crippen LogP contribution in [-0.4, -0.2) is 9.97 Å². The predicted octanol–water partition coefficient (Wildman–Crippen LogP) is 4.95. The molecule has 25 heavy (non-hydrogen) atoms. The number of aromatic amines is 2. The molecule has 4 rings (SSSR count). The van der Waals surface area contributed by atoms with Crippen LogP contribution in [0.1, 0.15) is 11.1 Å². The van der Waals surface area contributed by atoms with Crippen LogP contribution < -0.4 is 11.0 Å². The molecule has 0 saturated carbocycles. The molecular formula is C20H16BrN3O. The van der Waals surface area contributed by atoms with Crippen molar-refractivity contribution in [1.29, 1.82) is 0 Å². The van der Waals surface area contributed by atoms with Crippen LogP contribution in [0.15, 0.2) is 76.0 Å². The number of nitrogens with one attached hydrogen (secondary N) is 3. The molecule has 1 aromatic heterocycles. The van der Waals surface area contributed by atoms with Crippen molar-refractivity contribution in [2.24, 2.45) is 0 Å². The lowest BCUT2D eigenvalue weighted by molar-refractivity contribution is 1.18. The van der Waals surface area contributed by atoms with Gasteiger partial charge in [-0.15, -0.1) is 0 Å². The number of anilines is 2. The molecule has 0 aliphatic carbocycles. The van der Waals surface area contributed by atoms with Crippen LogP contribution in [0.2, 0.25) is 0 Å². The van der Waals surface area contributed by atoms with Gasteiger partial charge in [0.05, 0.1) is 11.0 Å². The minimum atomic E-state index is -0.196. The molecule has 1 heterocycles. The SMILES string of the molecule is O=c1[nH]c2cc(Cc3ccccc3Br)c(Nc3ccccc3)cc2[nH]1. The van der Waals surface area contributed by atoms with E-state index < -0.39 is 0 Å². The molecular weight excluding hydrogens is 378 g/mol. The molecule has 0 saturated heterocycles. The van der Waals surface area contributed by atoms with Crippen molar-refractivity contribution in [3.63, 3.8) is 0 Å². The van der Waals surface area contributed by atoms with Gasteiger partial charge < -0.3 is 15.3 Å². The zero-order valence-corrected chi connectivity index (χ0v) is 14.9. The number of rotatable bonds is 4. The van der Waals surface area contributed by atoms with Crippen LogP contribution >= 0.6 is 15.9 Å². The molecule has 0 atom stereocenters. The lowest BCUT2D eigenvalue weighted by Gasteiger charge is -2.13. The maximum atomic E-state index is 11.6. The normalized spacial score (nSPS) is 10.9. The summed E-state index contributed by atoms with van der Waals surface area (Å²) in [5.41, 5.74) is 5.69. The quantitative estimate of drug-likeness (QED) is 0.459. The van der Waals surface area contributed by atoms with Crippen molar-refractivity contribution in [1.82, 2.24) is 9.97 Å². The van der Waals surface area contributed by atoms with Crippen LogP contribution in [0.3, 0.4) is 0 Å². The summed E-state index contributed by atoms with van der Waals surface area (Å²) in [4.78, 5) is 17.3. The van der Waals surface area contributed by atoms with Crippen LogP contribution in [0.25, 0.3) is 11.0 Å². The zero-order valence-electron chi connectivity index (χ0n) is 13.3. The average molecular weight is 394 g/mol. The van der Waals surface area contributed by atoms with E-state index >= 15 is 0 Å². The fraction of sp³-hybridized carbons (Fsp3) is 0.0500. The highest BCUT2D eigenvalue weighted by Gasteiger charge is 2.10. The number of hydrogen-bond donors (Lipinski definition) is 3. The second kappa shape index (κ2) is 6.61. The molecule has 5 heteroatoms. The van der Waals surface area contributed by atoms with Gasteiger partial charge in [0.25, 0.3) is 0 Å². The highest BCUT2D eigenvalue weighted by Crippen LogP contribution is 2.29. The summed E-state index contributed by atoms with van der Waals surface area (Å²) in [6.07, 6.45) is 0.750. The van der Waals surface area contributed by atoms with E-state index in [1.54, 1.807) is 0 Å². The Morgan fingerprint density at radius 3 is 2.28 bits per heavy atom. The molecule has 0 aliphatic heterocycles. The topological polar surface area (TPSA) is 60.7 Å². The second-order valence-electron chi connectivity index (χ2n) is 5.89. The van der Waals surface area contributed by atoms with Gasteiger partial charge >= 0.3 is 5.69 Å². The molecule has 0 amide bonds. The highest BCUT2D eigenvalue weighted by atomic mass is 79.9. The van der Waals surface area contributed by atoms with E-state index in [-0.39, 0.29) is 5.69 Å². The first kappa shape index (κ1) is 15.7. The van der Waals surface area contributed by atoms with Gasteiger partial charge in [-0.25, -0.2) is 4.79 Å². The number of para-hydroxylation sites is 1. The number of aromatic nitrogens is 2. The fourth-order valence-electron chi connectivity index (χ4n) is 2.91. The number of benzene rings is 3.